The first kappa shape index (κ1) is 23.5. The van der Waals surface area contributed by atoms with Gasteiger partial charge in [-0.1, -0.05) is 60.7 Å². The average molecular weight is 501 g/mol. The molecule has 182 valence electrons. The summed E-state index contributed by atoms with van der Waals surface area (Å²) in [5.41, 5.74) is 3.01. The van der Waals surface area contributed by atoms with Gasteiger partial charge in [0.1, 0.15) is 16.9 Å². The third-order valence-electron chi connectivity index (χ3n) is 5.78. The maximum atomic E-state index is 13.4. The number of carbonyl (C=O) groups is 1. The molecule has 0 atom stereocenters. The minimum absolute atomic E-state index is 0.0395. The van der Waals surface area contributed by atoms with E-state index < -0.39 is 16.0 Å². The summed E-state index contributed by atoms with van der Waals surface area (Å²) in [6.07, 6.45) is 0.585. The van der Waals surface area contributed by atoms with Crippen LogP contribution in [0.1, 0.15) is 22.8 Å². The number of carbonyl (C=O) groups excluding carboxylic acids is 1. The summed E-state index contributed by atoms with van der Waals surface area (Å²) in [4.78, 5) is 22.7. The van der Waals surface area contributed by atoms with Crippen molar-refractivity contribution < 1.29 is 17.9 Å². The summed E-state index contributed by atoms with van der Waals surface area (Å²) < 4.78 is 36.4. The van der Waals surface area contributed by atoms with Crippen molar-refractivity contribution in [2.75, 3.05) is 11.3 Å². The van der Waals surface area contributed by atoms with Gasteiger partial charge in [0, 0.05) is 6.54 Å². The normalized spacial score (nSPS) is 11.6. The lowest BCUT2D eigenvalue weighted by Crippen LogP contribution is -2.19. The van der Waals surface area contributed by atoms with Crippen molar-refractivity contribution in [2.45, 2.75) is 24.8 Å². The Morgan fingerprint density at radius 2 is 1.50 bits per heavy atom. The SMILES string of the molecule is CCOC(=O)c1c(NS(=O)(=O)c2ccccc2)n(CCc2ccccc2)c2nc3ccccc3nc12. The molecular formula is C27H24N4O4S. The Morgan fingerprint density at radius 3 is 2.17 bits per heavy atom. The van der Waals surface area contributed by atoms with Gasteiger partial charge in [-0.25, -0.2) is 23.2 Å². The van der Waals surface area contributed by atoms with Gasteiger partial charge in [0.2, 0.25) is 0 Å². The molecule has 0 amide bonds. The Kier molecular flexibility index (Phi) is 6.39. The Bertz CT molecular complexity index is 1650. The van der Waals surface area contributed by atoms with Crippen molar-refractivity contribution in [3.8, 4) is 0 Å². The molecule has 5 aromatic rings. The van der Waals surface area contributed by atoms with Crippen molar-refractivity contribution in [3.63, 3.8) is 0 Å². The quantitative estimate of drug-likeness (QED) is 0.307. The van der Waals surface area contributed by atoms with E-state index in [0.717, 1.165) is 5.56 Å². The number of aromatic nitrogens is 3. The van der Waals surface area contributed by atoms with Crippen molar-refractivity contribution >= 4 is 44.0 Å². The number of rotatable bonds is 8. The second-order valence-corrected chi connectivity index (χ2v) is 9.82. The highest BCUT2D eigenvalue weighted by atomic mass is 32.2. The number of aryl methyl sites for hydroxylation is 2. The minimum atomic E-state index is -4.02. The summed E-state index contributed by atoms with van der Waals surface area (Å²) >= 11 is 0. The Hall–Kier alpha value is -4.24. The number of sulfonamides is 1. The molecule has 8 nitrogen and oxygen atoms in total. The van der Waals surface area contributed by atoms with E-state index in [2.05, 4.69) is 4.72 Å². The number of nitrogens with one attached hydrogen (secondary N) is 1. The highest BCUT2D eigenvalue weighted by Crippen LogP contribution is 2.32. The first-order valence-corrected chi connectivity index (χ1v) is 13.0. The molecule has 2 aromatic heterocycles. The Morgan fingerprint density at radius 1 is 0.889 bits per heavy atom. The van der Waals surface area contributed by atoms with Gasteiger partial charge in [-0.15, -0.1) is 0 Å². The van der Waals surface area contributed by atoms with Crippen LogP contribution in [0.2, 0.25) is 0 Å². The van der Waals surface area contributed by atoms with Gasteiger partial charge in [0.15, 0.2) is 5.65 Å². The second-order valence-electron chi connectivity index (χ2n) is 8.13. The molecule has 3 aromatic carbocycles. The van der Waals surface area contributed by atoms with Crippen LogP contribution in [-0.4, -0.2) is 35.5 Å². The average Bonchev–Trinajstić information content (AvgIpc) is 3.18. The number of fused-ring (bicyclic) bond motifs is 2. The molecule has 0 aliphatic heterocycles. The molecule has 1 N–H and O–H groups in total. The lowest BCUT2D eigenvalue weighted by Gasteiger charge is -2.14. The van der Waals surface area contributed by atoms with Crippen LogP contribution in [0.3, 0.4) is 0 Å². The van der Waals surface area contributed by atoms with Gasteiger partial charge >= 0.3 is 5.97 Å². The number of para-hydroxylation sites is 2. The number of ether oxygens (including phenoxy) is 1. The summed E-state index contributed by atoms with van der Waals surface area (Å²) in [7, 11) is -4.02. The molecule has 0 saturated carbocycles. The zero-order valence-corrected chi connectivity index (χ0v) is 20.4. The first-order valence-electron chi connectivity index (χ1n) is 11.6. The number of nitrogens with zero attached hydrogens (tertiary/aromatic N) is 3. The molecule has 0 bridgehead atoms. The topological polar surface area (TPSA) is 103 Å². The largest absolute Gasteiger partial charge is 0.462 e. The molecule has 0 spiro atoms. The zero-order chi connectivity index (χ0) is 25.1. The van der Waals surface area contributed by atoms with Crippen LogP contribution in [0, 0.1) is 0 Å². The van der Waals surface area contributed by atoms with E-state index in [4.69, 9.17) is 14.7 Å². The van der Waals surface area contributed by atoms with Gasteiger partial charge in [0.25, 0.3) is 10.0 Å². The summed E-state index contributed by atoms with van der Waals surface area (Å²) in [5, 5.41) is 0. The fourth-order valence-electron chi connectivity index (χ4n) is 4.09. The molecular weight excluding hydrogens is 476 g/mol. The standard InChI is InChI=1S/C27H24N4O4S/c1-2-35-27(32)23-24-26(29-22-16-10-9-15-21(22)28-24)31(18-17-19-11-5-3-6-12-19)25(23)30-36(33,34)20-13-7-4-8-14-20/h3-16,30H,2,17-18H2,1H3. The molecule has 0 saturated heterocycles. The number of esters is 1. The second kappa shape index (κ2) is 9.79. The van der Waals surface area contributed by atoms with Crippen LogP contribution in [0.4, 0.5) is 5.82 Å². The molecule has 0 radical (unpaired) electrons. The van der Waals surface area contributed by atoms with Gasteiger partial charge in [-0.05, 0) is 43.2 Å². The van der Waals surface area contributed by atoms with Crippen LogP contribution < -0.4 is 4.72 Å². The molecule has 5 rings (SSSR count). The van der Waals surface area contributed by atoms with Crippen LogP contribution in [0.5, 0.6) is 0 Å². The monoisotopic (exact) mass is 500 g/mol. The maximum absolute atomic E-state index is 13.4. The lowest BCUT2D eigenvalue weighted by molar-refractivity contribution is 0.0529. The van der Waals surface area contributed by atoms with E-state index in [1.165, 1.54) is 12.1 Å². The fourth-order valence-corrected chi connectivity index (χ4v) is 5.19. The van der Waals surface area contributed by atoms with Crippen LogP contribution in [0.25, 0.3) is 22.2 Å². The first-order chi connectivity index (χ1) is 17.5. The number of hydrogen-bond donors (Lipinski definition) is 1. The van der Waals surface area contributed by atoms with Gasteiger partial charge in [0.05, 0.1) is 22.5 Å². The van der Waals surface area contributed by atoms with Crippen molar-refractivity contribution in [1.82, 2.24) is 14.5 Å². The fraction of sp³-hybridized carbons (Fsp3) is 0.148. The van der Waals surface area contributed by atoms with Crippen LogP contribution in [0.15, 0.2) is 89.8 Å². The van der Waals surface area contributed by atoms with Gasteiger partial charge in [-0.2, -0.15) is 0 Å². The van der Waals surface area contributed by atoms with Gasteiger partial charge in [-0.3, -0.25) is 4.72 Å². The van der Waals surface area contributed by atoms with Crippen molar-refractivity contribution in [3.05, 3.63) is 96.1 Å². The predicted molar refractivity (Wildman–Crippen MR) is 138 cm³/mol. The van der Waals surface area contributed by atoms with Crippen LogP contribution >= 0.6 is 0 Å². The van der Waals surface area contributed by atoms with Crippen molar-refractivity contribution in [2.24, 2.45) is 0 Å². The number of benzene rings is 3. The molecule has 0 fully saturated rings. The van der Waals surface area contributed by atoms with E-state index in [1.54, 1.807) is 35.8 Å². The van der Waals surface area contributed by atoms with Gasteiger partial charge < -0.3 is 9.30 Å². The molecule has 9 heteroatoms. The lowest BCUT2D eigenvalue weighted by atomic mass is 10.1. The third kappa shape index (κ3) is 4.52. The van der Waals surface area contributed by atoms with E-state index in [9.17, 15) is 13.2 Å². The zero-order valence-electron chi connectivity index (χ0n) is 19.6. The van der Waals surface area contributed by atoms with E-state index in [1.807, 2.05) is 48.5 Å². The molecule has 2 heterocycles. The number of anilines is 1. The third-order valence-corrected chi connectivity index (χ3v) is 7.14. The minimum Gasteiger partial charge on any atom is -0.462 e. The van der Waals surface area contributed by atoms with E-state index in [0.29, 0.717) is 29.6 Å². The molecule has 36 heavy (non-hydrogen) atoms. The Labute approximate surface area is 208 Å². The summed E-state index contributed by atoms with van der Waals surface area (Å²) in [5.74, 6) is -0.588. The highest BCUT2D eigenvalue weighted by Gasteiger charge is 2.29. The molecule has 0 unspecified atom stereocenters. The van der Waals surface area contributed by atoms with Crippen molar-refractivity contribution in [1.29, 1.82) is 0 Å². The molecule has 0 aliphatic carbocycles. The number of hydrogen-bond acceptors (Lipinski definition) is 6. The smallest absolute Gasteiger partial charge is 0.344 e. The Balaban J connectivity index is 1.74. The van der Waals surface area contributed by atoms with E-state index in [-0.39, 0.29) is 28.4 Å². The maximum Gasteiger partial charge on any atom is 0.344 e. The summed E-state index contributed by atoms with van der Waals surface area (Å²) in [6, 6.07) is 25.1. The molecule has 0 aliphatic rings. The highest BCUT2D eigenvalue weighted by molar-refractivity contribution is 7.92. The summed E-state index contributed by atoms with van der Waals surface area (Å²) in [6.45, 7) is 2.18. The predicted octanol–water partition coefficient (Wildman–Crippen LogP) is 4.80. The van der Waals surface area contributed by atoms with E-state index >= 15 is 0 Å². The van der Waals surface area contributed by atoms with Crippen LogP contribution in [-0.2, 0) is 27.7 Å².